The lowest BCUT2D eigenvalue weighted by molar-refractivity contribution is 1.06. The molecule has 4 aromatic rings. The highest BCUT2D eigenvalue weighted by Crippen LogP contribution is 2.23. The van der Waals surface area contributed by atoms with Gasteiger partial charge in [0.2, 0.25) is 0 Å². The summed E-state index contributed by atoms with van der Waals surface area (Å²) in [5.74, 6) is 0.742. The third-order valence-corrected chi connectivity index (χ3v) is 3.42. The lowest BCUT2D eigenvalue weighted by atomic mass is 10.1. The molecule has 0 amide bonds. The van der Waals surface area contributed by atoms with Crippen LogP contribution < -0.4 is 0 Å². The molecule has 0 atom stereocenters. The third-order valence-electron chi connectivity index (χ3n) is 3.42. The van der Waals surface area contributed by atoms with Gasteiger partial charge in [0.25, 0.3) is 0 Å². The van der Waals surface area contributed by atoms with E-state index in [-0.39, 0.29) is 0 Å². The Labute approximate surface area is 121 Å². The first-order chi connectivity index (χ1) is 10.4. The van der Waals surface area contributed by atoms with Crippen molar-refractivity contribution in [3.63, 3.8) is 0 Å². The van der Waals surface area contributed by atoms with Gasteiger partial charge in [-0.25, -0.2) is 15.0 Å². The molecule has 0 saturated heterocycles. The number of imidazole rings is 1. The molecular weight excluding hydrogens is 260 g/mol. The zero-order chi connectivity index (χ0) is 14.1. The number of rotatable bonds is 2. The van der Waals surface area contributed by atoms with E-state index in [1.165, 1.54) is 0 Å². The van der Waals surface area contributed by atoms with Crippen molar-refractivity contribution >= 4 is 10.9 Å². The van der Waals surface area contributed by atoms with Gasteiger partial charge in [-0.15, -0.1) is 0 Å². The molecule has 0 fully saturated rings. The Morgan fingerprint density at radius 1 is 0.905 bits per heavy atom. The number of fused-ring (bicyclic) bond motifs is 1. The van der Waals surface area contributed by atoms with Crippen LogP contribution >= 0.6 is 0 Å². The first-order valence-corrected chi connectivity index (χ1v) is 6.71. The van der Waals surface area contributed by atoms with Gasteiger partial charge in [-0.1, -0.05) is 36.4 Å². The summed E-state index contributed by atoms with van der Waals surface area (Å²) < 4.78 is 1.97. The monoisotopic (exact) mass is 272 g/mol. The number of aromatic nitrogens is 4. The van der Waals surface area contributed by atoms with Crippen LogP contribution in [-0.4, -0.2) is 19.5 Å². The molecule has 0 radical (unpaired) electrons. The van der Waals surface area contributed by atoms with Crippen LogP contribution in [0.5, 0.6) is 0 Å². The standard InChI is InChI=1S/C17H12N4/c1-2-5-13(6-3-1)17-19-11-14-15(20-17)7-4-8-16(14)21-10-9-18-12-21/h1-12H. The fourth-order valence-corrected chi connectivity index (χ4v) is 2.39. The molecule has 100 valence electrons. The SMILES string of the molecule is c1ccc(-c2ncc3c(-n4ccnc4)cccc3n2)cc1. The Morgan fingerprint density at radius 2 is 1.81 bits per heavy atom. The van der Waals surface area contributed by atoms with Gasteiger partial charge in [-0.2, -0.15) is 0 Å². The van der Waals surface area contributed by atoms with Gasteiger partial charge in [0.15, 0.2) is 5.82 Å². The Kier molecular flexibility index (Phi) is 2.71. The third kappa shape index (κ3) is 2.07. The molecule has 2 aromatic heterocycles. The summed E-state index contributed by atoms with van der Waals surface area (Å²) in [6.07, 6.45) is 7.33. The van der Waals surface area contributed by atoms with E-state index in [0.717, 1.165) is 28.0 Å². The van der Waals surface area contributed by atoms with Crippen molar-refractivity contribution < 1.29 is 0 Å². The molecule has 4 rings (SSSR count). The first-order valence-electron chi connectivity index (χ1n) is 6.71. The van der Waals surface area contributed by atoms with Crippen LogP contribution in [0.25, 0.3) is 28.0 Å². The summed E-state index contributed by atoms with van der Waals surface area (Å²) in [5.41, 5.74) is 2.98. The molecule has 0 saturated carbocycles. The van der Waals surface area contributed by atoms with Crippen LogP contribution in [0, 0.1) is 0 Å². The van der Waals surface area contributed by atoms with E-state index in [1.807, 2.05) is 65.5 Å². The van der Waals surface area contributed by atoms with Gasteiger partial charge in [0, 0.05) is 29.5 Å². The van der Waals surface area contributed by atoms with Gasteiger partial charge in [0.1, 0.15) is 0 Å². The summed E-state index contributed by atoms with van der Waals surface area (Å²) in [6.45, 7) is 0. The van der Waals surface area contributed by atoms with Gasteiger partial charge >= 0.3 is 0 Å². The number of hydrogen-bond donors (Lipinski definition) is 0. The maximum atomic E-state index is 4.67. The topological polar surface area (TPSA) is 43.6 Å². The Morgan fingerprint density at radius 3 is 2.62 bits per heavy atom. The minimum atomic E-state index is 0.742. The highest BCUT2D eigenvalue weighted by Gasteiger charge is 2.07. The second kappa shape index (κ2) is 4.83. The Hall–Kier alpha value is -3.01. The van der Waals surface area contributed by atoms with Crippen molar-refractivity contribution in [1.82, 2.24) is 19.5 Å². The van der Waals surface area contributed by atoms with E-state index in [9.17, 15) is 0 Å². The molecule has 0 unspecified atom stereocenters. The molecule has 0 aliphatic heterocycles. The second-order valence-corrected chi connectivity index (χ2v) is 4.74. The zero-order valence-corrected chi connectivity index (χ0v) is 11.2. The lowest BCUT2D eigenvalue weighted by Crippen LogP contribution is -1.95. The van der Waals surface area contributed by atoms with Crippen molar-refractivity contribution in [3.8, 4) is 17.1 Å². The predicted molar refractivity (Wildman–Crippen MR) is 82.1 cm³/mol. The van der Waals surface area contributed by atoms with Gasteiger partial charge in [-0.3, -0.25) is 0 Å². The molecule has 0 N–H and O–H groups in total. The van der Waals surface area contributed by atoms with Crippen LogP contribution in [0.2, 0.25) is 0 Å². The highest BCUT2D eigenvalue weighted by atomic mass is 15.0. The van der Waals surface area contributed by atoms with Crippen LogP contribution in [-0.2, 0) is 0 Å². The second-order valence-electron chi connectivity index (χ2n) is 4.74. The van der Waals surface area contributed by atoms with Gasteiger partial charge in [-0.05, 0) is 12.1 Å². The zero-order valence-electron chi connectivity index (χ0n) is 11.2. The maximum absolute atomic E-state index is 4.67. The van der Waals surface area contributed by atoms with Crippen LogP contribution in [0.15, 0.2) is 73.4 Å². The summed E-state index contributed by atoms with van der Waals surface area (Å²) >= 11 is 0. The van der Waals surface area contributed by atoms with Crippen molar-refractivity contribution in [2.75, 3.05) is 0 Å². The molecule has 2 aromatic carbocycles. The van der Waals surface area contributed by atoms with E-state index in [2.05, 4.69) is 15.0 Å². The Bertz CT molecular complexity index is 883. The normalized spacial score (nSPS) is 10.9. The van der Waals surface area contributed by atoms with Crippen molar-refractivity contribution in [1.29, 1.82) is 0 Å². The fourth-order valence-electron chi connectivity index (χ4n) is 2.39. The molecule has 4 nitrogen and oxygen atoms in total. The molecule has 21 heavy (non-hydrogen) atoms. The minimum absolute atomic E-state index is 0.742. The molecule has 0 aliphatic rings. The maximum Gasteiger partial charge on any atom is 0.159 e. The molecule has 2 heterocycles. The lowest BCUT2D eigenvalue weighted by Gasteiger charge is -2.07. The van der Waals surface area contributed by atoms with E-state index in [0.29, 0.717) is 0 Å². The molecule has 0 aliphatic carbocycles. The molecule has 0 bridgehead atoms. The minimum Gasteiger partial charge on any atom is -0.306 e. The summed E-state index contributed by atoms with van der Waals surface area (Å²) in [5, 5.41) is 1.01. The summed E-state index contributed by atoms with van der Waals surface area (Å²) in [7, 11) is 0. The van der Waals surface area contributed by atoms with Crippen molar-refractivity contribution in [2.24, 2.45) is 0 Å². The van der Waals surface area contributed by atoms with Crippen LogP contribution in [0.4, 0.5) is 0 Å². The molecular formula is C17H12N4. The number of hydrogen-bond acceptors (Lipinski definition) is 3. The van der Waals surface area contributed by atoms with Gasteiger partial charge < -0.3 is 4.57 Å². The average Bonchev–Trinajstić information content (AvgIpc) is 3.09. The predicted octanol–water partition coefficient (Wildman–Crippen LogP) is 3.48. The average molecular weight is 272 g/mol. The Balaban J connectivity index is 1.91. The van der Waals surface area contributed by atoms with E-state index >= 15 is 0 Å². The summed E-state index contributed by atoms with van der Waals surface area (Å²) in [4.78, 5) is 13.3. The quantitative estimate of drug-likeness (QED) is 0.561. The van der Waals surface area contributed by atoms with Crippen molar-refractivity contribution in [2.45, 2.75) is 0 Å². The first kappa shape index (κ1) is 11.8. The summed E-state index contributed by atoms with van der Waals surface area (Å²) in [6, 6.07) is 16.0. The van der Waals surface area contributed by atoms with E-state index in [1.54, 1.807) is 12.5 Å². The number of nitrogens with zero attached hydrogens (tertiary/aromatic N) is 4. The van der Waals surface area contributed by atoms with Gasteiger partial charge in [0.05, 0.1) is 17.5 Å². The van der Waals surface area contributed by atoms with E-state index in [4.69, 9.17) is 0 Å². The van der Waals surface area contributed by atoms with Crippen LogP contribution in [0.1, 0.15) is 0 Å². The largest absolute Gasteiger partial charge is 0.306 e. The van der Waals surface area contributed by atoms with Crippen molar-refractivity contribution in [3.05, 3.63) is 73.4 Å². The number of benzene rings is 2. The highest BCUT2D eigenvalue weighted by molar-refractivity contribution is 5.87. The molecule has 4 heteroatoms. The van der Waals surface area contributed by atoms with E-state index < -0.39 is 0 Å². The fraction of sp³-hybridized carbons (Fsp3) is 0. The van der Waals surface area contributed by atoms with Crippen LogP contribution in [0.3, 0.4) is 0 Å². The molecule has 0 spiro atoms. The smallest absolute Gasteiger partial charge is 0.159 e.